The van der Waals surface area contributed by atoms with Crippen molar-refractivity contribution in [3.63, 3.8) is 0 Å². The quantitative estimate of drug-likeness (QED) is 0.418. The first-order chi connectivity index (χ1) is 15.1. The van der Waals surface area contributed by atoms with Crippen molar-refractivity contribution < 1.29 is 18.3 Å². The van der Waals surface area contributed by atoms with E-state index in [2.05, 4.69) is 36.9 Å². The molecule has 8 nitrogen and oxygen atoms in total. The average Bonchev–Trinajstić information content (AvgIpc) is 3.37. The highest BCUT2D eigenvalue weighted by atomic mass is 19.3. The first kappa shape index (κ1) is 18.7. The fourth-order valence-corrected chi connectivity index (χ4v) is 3.36. The summed E-state index contributed by atoms with van der Waals surface area (Å²) in [6.45, 7) is -2.92. The van der Waals surface area contributed by atoms with E-state index in [1.165, 1.54) is 12.3 Å². The lowest BCUT2D eigenvalue weighted by atomic mass is 10.2. The van der Waals surface area contributed by atoms with Crippen LogP contribution in [0.2, 0.25) is 0 Å². The van der Waals surface area contributed by atoms with Crippen LogP contribution in [0.4, 0.5) is 8.78 Å². The van der Waals surface area contributed by atoms with E-state index in [0.29, 0.717) is 23.4 Å². The van der Waals surface area contributed by atoms with Crippen LogP contribution in [0.15, 0.2) is 49.1 Å². The first-order valence-corrected chi connectivity index (χ1v) is 9.20. The molecule has 0 spiro atoms. The fourth-order valence-electron chi connectivity index (χ4n) is 3.36. The highest BCUT2D eigenvalue weighted by Gasteiger charge is 2.23. The SMILES string of the molecule is COc1ccc2c(c1)-n1nncc1Cc1c(C#Cc3ccc(OC(F)F)nc3)ncn1-2. The van der Waals surface area contributed by atoms with E-state index >= 15 is 0 Å². The molecule has 0 unspecified atom stereocenters. The lowest BCUT2D eigenvalue weighted by molar-refractivity contribution is -0.0528. The molecule has 0 N–H and O–H groups in total. The second-order valence-electron chi connectivity index (χ2n) is 6.59. The summed E-state index contributed by atoms with van der Waals surface area (Å²) in [5, 5.41) is 8.26. The molecule has 0 saturated heterocycles. The van der Waals surface area contributed by atoms with Crippen LogP contribution in [0.25, 0.3) is 11.4 Å². The number of hydrogen-bond donors (Lipinski definition) is 0. The molecule has 31 heavy (non-hydrogen) atoms. The largest absolute Gasteiger partial charge is 0.497 e. The number of benzene rings is 1. The van der Waals surface area contributed by atoms with Gasteiger partial charge in [-0.2, -0.15) is 8.78 Å². The minimum absolute atomic E-state index is 0.163. The Labute approximate surface area is 175 Å². The summed E-state index contributed by atoms with van der Waals surface area (Å²) in [7, 11) is 1.61. The number of aromatic nitrogens is 6. The Kier molecular flexibility index (Phi) is 4.55. The molecule has 0 atom stereocenters. The van der Waals surface area contributed by atoms with E-state index in [9.17, 15) is 8.78 Å². The highest BCUT2D eigenvalue weighted by Crippen LogP contribution is 2.31. The van der Waals surface area contributed by atoms with Gasteiger partial charge in [0.1, 0.15) is 17.8 Å². The third-order valence-corrected chi connectivity index (χ3v) is 4.78. The Balaban J connectivity index is 1.54. The van der Waals surface area contributed by atoms with E-state index in [4.69, 9.17) is 4.74 Å². The smallest absolute Gasteiger partial charge is 0.388 e. The number of hydrogen-bond acceptors (Lipinski definition) is 6. The number of pyridine rings is 1. The van der Waals surface area contributed by atoms with Crippen LogP contribution in [-0.4, -0.2) is 43.3 Å². The third kappa shape index (κ3) is 3.46. The Morgan fingerprint density at radius 1 is 1.06 bits per heavy atom. The van der Waals surface area contributed by atoms with Gasteiger partial charge in [-0.3, -0.25) is 4.57 Å². The van der Waals surface area contributed by atoms with Crippen LogP contribution in [0.1, 0.15) is 22.6 Å². The van der Waals surface area contributed by atoms with E-state index in [1.54, 1.807) is 30.4 Å². The Morgan fingerprint density at radius 3 is 2.74 bits per heavy atom. The minimum Gasteiger partial charge on any atom is -0.497 e. The molecule has 0 radical (unpaired) electrons. The lowest BCUT2D eigenvalue weighted by Crippen LogP contribution is -2.03. The van der Waals surface area contributed by atoms with Gasteiger partial charge in [-0.15, -0.1) is 5.10 Å². The summed E-state index contributed by atoms with van der Waals surface area (Å²) in [6, 6.07) is 8.59. The molecule has 5 rings (SSSR count). The van der Waals surface area contributed by atoms with Gasteiger partial charge in [-0.25, -0.2) is 14.6 Å². The van der Waals surface area contributed by atoms with Crippen molar-refractivity contribution >= 4 is 0 Å². The summed E-state index contributed by atoms with van der Waals surface area (Å²) in [6.07, 6.45) is 5.31. The molecule has 0 amide bonds. The van der Waals surface area contributed by atoms with Crippen LogP contribution in [0.3, 0.4) is 0 Å². The standard InChI is InChI=1S/C21H14F2N6O2/c1-30-15-4-6-17-19(9-15)29-14(11-26-27-29)8-18-16(25-12-28(17)18)5-2-13-3-7-20(24-10-13)31-21(22)23/h3-4,6-7,9-12,21H,8H2,1H3. The maximum absolute atomic E-state index is 12.3. The van der Waals surface area contributed by atoms with Crippen molar-refractivity contribution in [3.8, 4) is 34.8 Å². The highest BCUT2D eigenvalue weighted by molar-refractivity contribution is 5.59. The molecule has 1 aliphatic rings. The molecule has 1 aliphatic heterocycles. The van der Waals surface area contributed by atoms with Gasteiger partial charge in [0.15, 0.2) is 0 Å². The third-order valence-electron chi connectivity index (χ3n) is 4.78. The Bertz CT molecular complexity index is 1320. The zero-order valence-electron chi connectivity index (χ0n) is 16.2. The zero-order valence-corrected chi connectivity index (χ0v) is 16.2. The lowest BCUT2D eigenvalue weighted by Gasteiger charge is -2.11. The number of halogens is 2. The number of alkyl halides is 2. The molecule has 4 heterocycles. The molecule has 4 aromatic rings. The topological polar surface area (TPSA) is 79.9 Å². The predicted molar refractivity (Wildman–Crippen MR) is 105 cm³/mol. The van der Waals surface area contributed by atoms with Gasteiger partial charge in [0, 0.05) is 30.3 Å². The Morgan fingerprint density at radius 2 is 1.97 bits per heavy atom. The van der Waals surface area contributed by atoms with Crippen molar-refractivity contribution in [3.05, 3.63) is 71.7 Å². The van der Waals surface area contributed by atoms with Crippen LogP contribution < -0.4 is 9.47 Å². The number of imidazole rings is 1. The number of nitrogens with zero attached hydrogens (tertiary/aromatic N) is 6. The zero-order chi connectivity index (χ0) is 21.4. The molecule has 0 fully saturated rings. The molecular weight excluding hydrogens is 406 g/mol. The van der Waals surface area contributed by atoms with Crippen LogP contribution in [0, 0.1) is 11.8 Å². The molecule has 154 valence electrons. The fraction of sp³-hybridized carbons (Fsp3) is 0.143. The van der Waals surface area contributed by atoms with E-state index in [1.807, 2.05) is 22.8 Å². The van der Waals surface area contributed by atoms with Crippen LogP contribution in [0.5, 0.6) is 11.6 Å². The average molecular weight is 420 g/mol. The minimum atomic E-state index is -2.92. The van der Waals surface area contributed by atoms with Crippen molar-refractivity contribution in [1.82, 2.24) is 29.5 Å². The van der Waals surface area contributed by atoms with E-state index < -0.39 is 6.61 Å². The maximum atomic E-state index is 12.3. The van der Waals surface area contributed by atoms with Crippen LogP contribution in [-0.2, 0) is 6.42 Å². The van der Waals surface area contributed by atoms with Crippen LogP contribution >= 0.6 is 0 Å². The summed E-state index contributed by atoms with van der Waals surface area (Å²) in [4.78, 5) is 8.30. The summed E-state index contributed by atoms with van der Waals surface area (Å²) in [5.41, 5.74) is 4.59. The molecule has 0 bridgehead atoms. The number of methoxy groups -OCH3 is 1. The normalized spacial score (nSPS) is 11.6. The molecule has 10 heteroatoms. The summed E-state index contributed by atoms with van der Waals surface area (Å²) < 4.78 is 37.9. The van der Waals surface area contributed by atoms with Gasteiger partial charge in [-0.1, -0.05) is 11.1 Å². The van der Waals surface area contributed by atoms with Crippen molar-refractivity contribution in [2.75, 3.05) is 7.11 Å². The second-order valence-corrected chi connectivity index (χ2v) is 6.59. The maximum Gasteiger partial charge on any atom is 0.388 e. The van der Waals surface area contributed by atoms with Gasteiger partial charge in [0.05, 0.1) is 36.1 Å². The number of rotatable bonds is 3. The summed E-state index contributed by atoms with van der Waals surface area (Å²) in [5.74, 6) is 6.56. The predicted octanol–water partition coefficient (Wildman–Crippen LogP) is 2.76. The van der Waals surface area contributed by atoms with Gasteiger partial charge < -0.3 is 9.47 Å². The summed E-state index contributed by atoms with van der Waals surface area (Å²) >= 11 is 0. The molecule has 0 saturated carbocycles. The molecule has 3 aromatic heterocycles. The Hall–Kier alpha value is -4.26. The molecule has 1 aromatic carbocycles. The van der Waals surface area contributed by atoms with Crippen molar-refractivity contribution in [1.29, 1.82) is 0 Å². The van der Waals surface area contributed by atoms with Crippen molar-refractivity contribution in [2.24, 2.45) is 0 Å². The molecular formula is C21H14F2N6O2. The monoisotopic (exact) mass is 420 g/mol. The number of fused-ring (bicyclic) bond motifs is 5. The van der Waals surface area contributed by atoms with Gasteiger partial charge in [0.2, 0.25) is 5.88 Å². The second kappa shape index (κ2) is 7.53. The number of ether oxygens (including phenoxy) is 2. The van der Waals surface area contributed by atoms with Crippen molar-refractivity contribution in [2.45, 2.75) is 13.0 Å². The van der Waals surface area contributed by atoms with Gasteiger partial charge >= 0.3 is 6.61 Å². The first-order valence-electron chi connectivity index (χ1n) is 9.20. The van der Waals surface area contributed by atoms with E-state index in [-0.39, 0.29) is 5.88 Å². The van der Waals surface area contributed by atoms with Gasteiger partial charge in [-0.05, 0) is 24.1 Å². The van der Waals surface area contributed by atoms with E-state index in [0.717, 1.165) is 22.8 Å². The molecule has 0 aliphatic carbocycles. The van der Waals surface area contributed by atoms with Gasteiger partial charge in [0.25, 0.3) is 0 Å².